The average molecular weight is 229 g/mol. The number of pyridine rings is 2. The largest absolute Gasteiger partial charge is 0.506 e. The highest BCUT2D eigenvalue weighted by atomic mass is 28.3. The van der Waals surface area contributed by atoms with Gasteiger partial charge in [0.15, 0.2) is 0 Å². The summed E-state index contributed by atoms with van der Waals surface area (Å²) >= 11 is 0. The molecule has 2 heterocycles. The molecule has 4 heteroatoms. The van der Waals surface area contributed by atoms with Crippen molar-refractivity contribution < 1.29 is 5.11 Å². The average Bonchev–Trinajstić information content (AvgIpc) is 2.30. The number of nitrogens with zero attached hydrogens (tertiary/aromatic N) is 2. The van der Waals surface area contributed by atoms with Crippen LogP contribution < -0.4 is 5.19 Å². The second kappa shape index (κ2) is 4.45. The highest BCUT2D eigenvalue weighted by Crippen LogP contribution is 2.15. The molecule has 81 valence electrons. The van der Waals surface area contributed by atoms with Gasteiger partial charge in [-0.15, -0.1) is 0 Å². The molecule has 0 aliphatic carbocycles. The predicted octanol–water partition coefficient (Wildman–Crippen LogP) is 1.81. The fraction of sp³-hybridized carbons (Fsp3) is 0.167. The van der Waals surface area contributed by atoms with E-state index in [-0.39, 0.29) is 5.75 Å². The van der Waals surface area contributed by atoms with Crippen LogP contribution in [0.3, 0.4) is 0 Å². The molecule has 0 saturated heterocycles. The predicted molar refractivity (Wildman–Crippen MR) is 66.2 cm³/mol. The Morgan fingerprint density at radius 2 is 2.00 bits per heavy atom. The molecule has 0 bridgehead atoms. The Hall–Kier alpha value is -1.68. The van der Waals surface area contributed by atoms with E-state index in [4.69, 9.17) is 0 Å². The Labute approximate surface area is 96.4 Å². The highest BCUT2D eigenvalue weighted by Gasteiger charge is 2.12. The van der Waals surface area contributed by atoms with E-state index < -0.39 is 8.80 Å². The lowest BCUT2D eigenvalue weighted by Gasteiger charge is -2.10. The molecule has 0 unspecified atom stereocenters. The monoisotopic (exact) mass is 229 g/mol. The number of aromatic hydroxyl groups is 1. The highest BCUT2D eigenvalue weighted by molar-refractivity contribution is 6.72. The van der Waals surface area contributed by atoms with E-state index in [1.165, 1.54) is 6.20 Å². The minimum atomic E-state index is -0.674. The van der Waals surface area contributed by atoms with Gasteiger partial charge >= 0.3 is 0 Å². The zero-order valence-corrected chi connectivity index (χ0v) is 10.3. The van der Waals surface area contributed by atoms with Crippen LogP contribution >= 0.6 is 0 Å². The SMILES string of the molecule is C[Si](C)c1cc(O)cnc1-c1ccccn1. The minimum absolute atomic E-state index is 0.223. The van der Waals surface area contributed by atoms with Crippen LogP contribution in [-0.4, -0.2) is 23.9 Å². The summed E-state index contributed by atoms with van der Waals surface area (Å²) in [6, 6.07) is 7.56. The first-order chi connectivity index (χ1) is 7.68. The Balaban J connectivity index is 2.57. The fourth-order valence-electron chi connectivity index (χ4n) is 1.54. The standard InChI is InChI=1S/C12H13N2OSi/c1-16(2)11-7-9(15)8-14-12(11)10-5-3-4-6-13-10/h3-8,15H,1-2H3. The van der Waals surface area contributed by atoms with Crippen molar-refractivity contribution in [2.75, 3.05) is 0 Å². The molecule has 0 aliphatic rings. The summed E-state index contributed by atoms with van der Waals surface area (Å²) in [5.74, 6) is 0.223. The Bertz CT molecular complexity index is 486. The van der Waals surface area contributed by atoms with Gasteiger partial charge in [-0.3, -0.25) is 9.97 Å². The lowest BCUT2D eigenvalue weighted by molar-refractivity contribution is 0.473. The molecule has 0 amide bonds. The summed E-state index contributed by atoms with van der Waals surface area (Å²) < 4.78 is 0. The summed E-state index contributed by atoms with van der Waals surface area (Å²) in [7, 11) is -0.674. The lowest BCUT2D eigenvalue weighted by atomic mass is 10.2. The van der Waals surface area contributed by atoms with Gasteiger partial charge in [-0.25, -0.2) is 0 Å². The van der Waals surface area contributed by atoms with Gasteiger partial charge in [0.2, 0.25) is 0 Å². The molecule has 2 aromatic heterocycles. The molecule has 0 atom stereocenters. The van der Waals surface area contributed by atoms with Gasteiger partial charge in [0.25, 0.3) is 0 Å². The topological polar surface area (TPSA) is 46.0 Å². The molecule has 0 aromatic carbocycles. The molecule has 0 spiro atoms. The van der Waals surface area contributed by atoms with E-state index in [9.17, 15) is 5.11 Å². The molecule has 2 rings (SSSR count). The molecule has 1 N–H and O–H groups in total. The van der Waals surface area contributed by atoms with Crippen LogP contribution in [0.1, 0.15) is 0 Å². The summed E-state index contributed by atoms with van der Waals surface area (Å²) in [5.41, 5.74) is 1.75. The van der Waals surface area contributed by atoms with Crippen LogP contribution in [-0.2, 0) is 0 Å². The van der Waals surface area contributed by atoms with Crippen LogP contribution in [0.25, 0.3) is 11.4 Å². The third kappa shape index (κ3) is 2.11. The van der Waals surface area contributed by atoms with Crippen LogP contribution in [0.15, 0.2) is 36.7 Å². The van der Waals surface area contributed by atoms with Crippen molar-refractivity contribution in [2.24, 2.45) is 0 Å². The first-order valence-corrected chi connectivity index (χ1v) is 7.59. The Morgan fingerprint density at radius 3 is 2.62 bits per heavy atom. The van der Waals surface area contributed by atoms with Crippen LogP contribution in [0, 0.1) is 0 Å². The smallest absolute Gasteiger partial charge is 0.133 e. The normalized spacial score (nSPS) is 10.7. The second-order valence-electron chi connectivity index (χ2n) is 3.80. The molecule has 0 saturated carbocycles. The minimum Gasteiger partial charge on any atom is -0.506 e. The van der Waals surface area contributed by atoms with E-state index in [1.807, 2.05) is 18.2 Å². The Kier molecular flexibility index (Phi) is 3.01. The number of hydrogen-bond acceptors (Lipinski definition) is 3. The molecule has 0 fully saturated rings. The van der Waals surface area contributed by atoms with E-state index >= 15 is 0 Å². The zero-order valence-electron chi connectivity index (χ0n) is 9.31. The van der Waals surface area contributed by atoms with Crippen molar-refractivity contribution in [3.63, 3.8) is 0 Å². The van der Waals surface area contributed by atoms with Crippen LogP contribution in [0.2, 0.25) is 13.1 Å². The van der Waals surface area contributed by atoms with Crippen molar-refractivity contribution in [1.82, 2.24) is 9.97 Å². The van der Waals surface area contributed by atoms with Crippen LogP contribution in [0.4, 0.5) is 0 Å². The molecule has 1 radical (unpaired) electrons. The van der Waals surface area contributed by atoms with Gasteiger partial charge in [0, 0.05) is 6.20 Å². The van der Waals surface area contributed by atoms with Gasteiger partial charge in [0.1, 0.15) is 5.75 Å². The van der Waals surface area contributed by atoms with Crippen molar-refractivity contribution in [3.8, 4) is 17.1 Å². The maximum atomic E-state index is 9.47. The number of hydrogen-bond donors (Lipinski definition) is 1. The molecular formula is C12H13N2OSi. The first kappa shape index (κ1) is 10.8. The zero-order chi connectivity index (χ0) is 11.5. The molecular weight excluding hydrogens is 216 g/mol. The Morgan fingerprint density at radius 1 is 1.19 bits per heavy atom. The van der Waals surface area contributed by atoms with Gasteiger partial charge in [0.05, 0.1) is 26.4 Å². The summed E-state index contributed by atoms with van der Waals surface area (Å²) in [6.07, 6.45) is 3.23. The summed E-state index contributed by atoms with van der Waals surface area (Å²) in [5, 5.41) is 10.6. The molecule has 0 aliphatic heterocycles. The van der Waals surface area contributed by atoms with E-state index in [0.717, 1.165) is 16.6 Å². The van der Waals surface area contributed by atoms with E-state index in [1.54, 1.807) is 12.3 Å². The van der Waals surface area contributed by atoms with Gasteiger partial charge in [-0.1, -0.05) is 19.2 Å². The number of aromatic nitrogens is 2. The van der Waals surface area contributed by atoms with Crippen LogP contribution in [0.5, 0.6) is 5.75 Å². The van der Waals surface area contributed by atoms with Crippen molar-refractivity contribution >= 4 is 14.0 Å². The lowest BCUT2D eigenvalue weighted by Crippen LogP contribution is -2.26. The third-order valence-corrected chi connectivity index (χ3v) is 3.78. The van der Waals surface area contributed by atoms with Gasteiger partial charge < -0.3 is 5.11 Å². The molecule has 2 aromatic rings. The first-order valence-electron chi connectivity index (χ1n) is 5.09. The number of rotatable bonds is 2. The summed E-state index contributed by atoms with van der Waals surface area (Å²) in [6.45, 7) is 4.35. The maximum Gasteiger partial charge on any atom is 0.133 e. The van der Waals surface area contributed by atoms with Crippen molar-refractivity contribution in [1.29, 1.82) is 0 Å². The summed E-state index contributed by atoms with van der Waals surface area (Å²) in [4.78, 5) is 8.58. The molecule has 3 nitrogen and oxygen atoms in total. The maximum absolute atomic E-state index is 9.47. The molecule has 16 heavy (non-hydrogen) atoms. The van der Waals surface area contributed by atoms with Gasteiger partial charge in [-0.2, -0.15) is 0 Å². The van der Waals surface area contributed by atoms with Crippen molar-refractivity contribution in [2.45, 2.75) is 13.1 Å². The van der Waals surface area contributed by atoms with Crippen molar-refractivity contribution in [3.05, 3.63) is 36.7 Å². The quantitative estimate of drug-likeness (QED) is 0.799. The van der Waals surface area contributed by atoms with E-state index in [0.29, 0.717) is 0 Å². The van der Waals surface area contributed by atoms with E-state index in [2.05, 4.69) is 23.1 Å². The fourth-order valence-corrected chi connectivity index (χ4v) is 2.64. The second-order valence-corrected chi connectivity index (χ2v) is 6.34. The third-order valence-electron chi connectivity index (χ3n) is 2.32. The van der Waals surface area contributed by atoms with Gasteiger partial charge in [-0.05, 0) is 23.4 Å².